The molecule has 0 bridgehead atoms. The predicted octanol–water partition coefficient (Wildman–Crippen LogP) is 4.81. The molecule has 204 valence electrons. The van der Waals surface area contributed by atoms with E-state index in [0.29, 0.717) is 29.9 Å². The molecule has 4 saturated carbocycles. The van der Waals surface area contributed by atoms with Gasteiger partial charge in [-0.05, 0) is 104 Å². The normalized spacial score (nSPS) is 55.9. The van der Waals surface area contributed by atoms with E-state index >= 15 is 0 Å². The van der Waals surface area contributed by atoms with E-state index in [4.69, 9.17) is 4.74 Å². The van der Waals surface area contributed by atoms with E-state index < -0.39 is 23.9 Å². The first kappa shape index (κ1) is 25.6. The van der Waals surface area contributed by atoms with Crippen molar-refractivity contribution in [2.24, 2.45) is 50.7 Å². The van der Waals surface area contributed by atoms with Crippen molar-refractivity contribution < 1.29 is 25.2 Å². The highest BCUT2D eigenvalue weighted by Gasteiger charge is 2.87. The van der Waals surface area contributed by atoms with Gasteiger partial charge in [0.05, 0.1) is 11.7 Å². The lowest BCUT2D eigenvalue weighted by Crippen LogP contribution is -2.59. The summed E-state index contributed by atoms with van der Waals surface area (Å²) in [6.07, 6.45) is 4.71. The van der Waals surface area contributed by atoms with E-state index in [9.17, 15) is 20.4 Å². The van der Waals surface area contributed by atoms with Gasteiger partial charge in [0, 0.05) is 10.8 Å². The highest BCUT2D eigenvalue weighted by molar-refractivity contribution is 5.43. The van der Waals surface area contributed by atoms with Crippen LogP contribution in [0.1, 0.15) is 100 Å². The minimum absolute atomic E-state index is 0.0630. The Balaban J connectivity index is 1.40. The van der Waals surface area contributed by atoms with Crippen LogP contribution in [-0.4, -0.2) is 50.4 Å². The van der Waals surface area contributed by atoms with Gasteiger partial charge < -0.3 is 25.2 Å². The molecule has 0 saturated heterocycles. The maximum absolute atomic E-state index is 12.2. The van der Waals surface area contributed by atoms with Crippen molar-refractivity contribution in [3.8, 4) is 0 Å². The van der Waals surface area contributed by atoms with Gasteiger partial charge in [-0.1, -0.05) is 41.5 Å². The summed E-state index contributed by atoms with van der Waals surface area (Å²) in [5, 5.41) is 44.6. The van der Waals surface area contributed by atoms with E-state index in [1.807, 2.05) is 0 Å². The van der Waals surface area contributed by atoms with E-state index in [1.54, 1.807) is 13.8 Å². The van der Waals surface area contributed by atoms with E-state index in [0.717, 1.165) is 32.1 Å². The molecular weight excluding hydrogens is 452 g/mol. The van der Waals surface area contributed by atoms with Crippen molar-refractivity contribution >= 4 is 0 Å². The number of hydrogen-bond acceptors (Lipinski definition) is 5. The Kier molecular flexibility index (Phi) is 5.07. The third-order valence-electron chi connectivity index (χ3n) is 14.0. The maximum Gasteiger partial charge on any atom is 0.128 e. The SMILES string of the molecule is C[C@H]1[C@@]23CC[C@]4(C)C5=C(O[C@@H]([C@H](O)C(C)(C)O)C[C@H]5C)[C@H](O)[C@@]4(C)[C@@H]2CC[C@H]2C(C)(C)[C@@H](O)CC[C@@]123. The summed E-state index contributed by atoms with van der Waals surface area (Å²) in [6.45, 7) is 17.3. The second kappa shape index (κ2) is 7.11. The van der Waals surface area contributed by atoms with Crippen LogP contribution in [0.2, 0.25) is 0 Å². The lowest BCUT2D eigenvalue weighted by Gasteiger charge is -2.63. The molecule has 0 radical (unpaired) electrons. The number of rotatable bonds is 2. The lowest BCUT2D eigenvalue weighted by molar-refractivity contribution is -0.176. The average molecular weight is 503 g/mol. The summed E-state index contributed by atoms with van der Waals surface area (Å²) in [6, 6.07) is 0. The molecule has 12 atom stereocenters. The number of allylic oxidation sites excluding steroid dienone is 1. The molecule has 4 fully saturated rings. The van der Waals surface area contributed by atoms with Crippen LogP contribution in [0.25, 0.3) is 0 Å². The molecule has 1 heterocycles. The molecule has 0 unspecified atom stereocenters. The Morgan fingerprint density at radius 3 is 2.17 bits per heavy atom. The van der Waals surface area contributed by atoms with Crippen LogP contribution in [0.5, 0.6) is 0 Å². The molecule has 5 aliphatic carbocycles. The lowest BCUT2D eigenvalue weighted by atomic mass is 9.41. The van der Waals surface area contributed by atoms with Gasteiger partial charge in [-0.15, -0.1) is 0 Å². The molecule has 5 nitrogen and oxygen atoms in total. The van der Waals surface area contributed by atoms with Crippen molar-refractivity contribution in [2.45, 2.75) is 130 Å². The van der Waals surface area contributed by atoms with E-state index in [1.165, 1.54) is 12.0 Å². The van der Waals surface area contributed by atoms with Crippen molar-refractivity contribution in [3.05, 3.63) is 11.3 Å². The highest BCUT2D eigenvalue weighted by Crippen LogP contribution is 2.91. The molecule has 4 N–H and O–H groups in total. The molecule has 5 heteroatoms. The summed E-state index contributed by atoms with van der Waals surface area (Å²) >= 11 is 0. The van der Waals surface area contributed by atoms with Crippen molar-refractivity contribution in [1.29, 1.82) is 0 Å². The molecule has 1 aliphatic heterocycles. The number of ether oxygens (including phenoxy) is 1. The second-order valence-electron chi connectivity index (χ2n) is 15.5. The number of fused-ring (bicyclic) bond motifs is 3. The number of aliphatic hydroxyl groups is 4. The fraction of sp³-hybridized carbons (Fsp3) is 0.935. The summed E-state index contributed by atoms with van der Waals surface area (Å²) in [5.74, 6) is 2.46. The van der Waals surface area contributed by atoms with Crippen LogP contribution in [-0.2, 0) is 4.74 Å². The summed E-state index contributed by atoms with van der Waals surface area (Å²) < 4.78 is 6.50. The number of aliphatic hydroxyl groups excluding tert-OH is 3. The first-order valence-corrected chi connectivity index (χ1v) is 14.7. The zero-order valence-corrected chi connectivity index (χ0v) is 23.8. The standard InChI is InChI=1S/C31H50O5/c1-16-15-18(24(33)27(5,6)35)36-23-22(16)28(7)13-14-31-17(2)30(31)12-11-21(32)26(3,4)19(30)9-10-20(31)29(28,8)25(23)34/h16-21,24-25,32-35H,9-15H2,1-8H3/t16-,17-,18-,19+,20+,21+,24+,25+,28-,29-,30-,31+/m1/s1. The van der Waals surface area contributed by atoms with Crippen molar-refractivity contribution in [2.75, 3.05) is 0 Å². The number of hydrogen-bond donors (Lipinski definition) is 4. The Labute approximate surface area is 217 Å². The van der Waals surface area contributed by atoms with Gasteiger partial charge in [0.15, 0.2) is 0 Å². The first-order chi connectivity index (χ1) is 16.5. The Hall–Kier alpha value is -0.620. The summed E-state index contributed by atoms with van der Waals surface area (Å²) in [5.41, 5.74) is -0.000781. The quantitative estimate of drug-likeness (QED) is 0.435. The van der Waals surface area contributed by atoms with Crippen LogP contribution in [0.3, 0.4) is 0 Å². The minimum Gasteiger partial charge on any atom is -0.489 e. The smallest absolute Gasteiger partial charge is 0.128 e. The molecule has 6 aliphatic rings. The average Bonchev–Trinajstić information content (AvgIpc) is 3.27. The van der Waals surface area contributed by atoms with Crippen molar-refractivity contribution in [1.82, 2.24) is 0 Å². The van der Waals surface area contributed by atoms with Crippen LogP contribution in [0.4, 0.5) is 0 Å². The molecule has 36 heavy (non-hydrogen) atoms. The van der Waals surface area contributed by atoms with Crippen LogP contribution < -0.4 is 0 Å². The van der Waals surface area contributed by atoms with Gasteiger partial charge in [-0.25, -0.2) is 0 Å². The molecular formula is C31H50O5. The molecule has 6 rings (SSSR count). The molecule has 0 aromatic rings. The Bertz CT molecular complexity index is 995. The van der Waals surface area contributed by atoms with E-state index in [-0.39, 0.29) is 39.1 Å². The Morgan fingerprint density at radius 1 is 0.917 bits per heavy atom. The second-order valence-corrected chi connectivity index (χ2v) is 15.5. The Morgan fingerprint density at radius 2 is 1.53 bits per heavy atom. The fourth-order valence-corrected chi connectivity index (χ4v) is 12.0. The third-order valence-corrected chi connectivity index (χ3v) is 14.0. The zero-order chi connectivity index (χ0) is 26.4. The summed E-state index contributed by atoms with van der Waals surface area (Å²) in [7, 11) is 0. The fourth-order valence-electron chi connectivity index (χ4n) is 12.0. The monoisotopic (exact) mass is 502 g/mol. The van der Waals surface area contributed by atoms with Crippen molar-refractivity contribution in [3.63, 3.8) is 0 Å². The molecule has 0 aromatic carbocycles. The summed E-state index contributed by atoms with van der Waals surface area (Å²) in [4.78, 5) is 0. The van der Waals surface area contributed by atoms with Gasteiger partial charge in [-0.2, -0.15) is 0 Å². The molecule has 0 amide bonds. The van der Waals surface area contributed by atoms with Gasteiger partial charge >= 0.3 is 0 Å². The largest absolute Gasteiger partial charge is 0.489 e. The first-order valence-electron chi connectivity index (χ1n) is 14.7. The predicted molar refractivity (Wildman–Crippen MR) is 139 cm³/mol. The van der Waals surface area contributed by atoms with Gasteiger partial charge in [-0.3, -0.25) is 0 Å². The third kappa shape index (κ3) is 2.54. The highest BCUT2D eigenvalue weighted by atomic mass is 16.5. The van der Waals surface area contributed by atoms with Gasteiger partial charge in [0.2, 0.25) is 0 Å². The molecule has 2 spiro atoms. The van der Waals surface area contributed by atoms with Crippen LogP contribution >= 0.6 is 0 Å². The molecule has 0 aromatic heterocycles. The van der Waals surface area contributed by atoms with Gasteiger partial charge in [0.1, 0.15) is 24.1 Å². The van der Waals surface area contributed by atoms with Crippen LogP contribution in [0.15, 0.2) is 11.3 Å². The van der Waals surface area contributed by atoms with Crippen LogP contribution in [0, 0.1) is 50.7 Å². The van der Waals surface area contributed by atoms with Gasteiger partial charge in [0.25, 0.3) is 0 Å². The maximum atomic E-state index is 12.2. The zero-order valence-electron chi connectivity index (χ0n) is 23.8. The topological polar surface area (TPSA) is 90.2 Å². The minimum atomic E-state index is -1.26. The van der Waals surface area contributed by atoms with E-state index in [2.05, 4.69) is 41.5 Å².